The lowest BCUT2D eigenvalue weighted by atomic mass is 9.81. The van der Waals surface area contributed by atoms with Crippen LogP contribution in [0.25, 0.3) is 0 Å². The largest absolute Gasteiger partial charge is 0.330 e. The Morgan fingerprint density at radius 3 is 2.71 bits per heavy atom. The van der Waals surface area contributed by atoms with Gasteiger partial charge in [-0.25, -0.2) is 0 Å². The van der Waals surface area contributed by atoms with E-state index >= 15 is 0 Å². The van der Waals surface area contributed by atoms with E-state index in [1.54, 1.807) is 0 Å². The van der Waals surface area contributed by atoms with Gasteiger partial charge in [-0.2, -0.15) is 0 Å². The van der Waals surface area contributed by atoms with E-state index in [1.807, 2.05) is 12.3 Å². The average Bonchev–Trinajstić information content (AvgIpc) is 2.40. The van der Waals surface area contributed by atoms with Crippen LogP contribution >= 0.6 is 0 Å². The van der Waals surface area contributed by atoms with Crippen molar-refractivity contribution in [3.8, 4) is 0 Å². The highest BCUT2D eigenvalue weighted by Crippen LogP contribution is 2.33. The standard InChI is InChI=1S/C15H24N2/c16-10-9-14(15-8-4-5-11-17-15)12-13-6-2-1-3-7-13/h4-5,8,11,13-14H,1-3,6-7,9-10,12,16H2. The SMILES string of the molecule is NCCC(CC1CCCCC1)c1ccccn1. The van der Waals surface area contributed by atoms with Gasteiger partial charge in [0.1, 0.15) is 0 Å². The van der Waals surface area contributed by atoms with Crippen molar-refractivity contribution in [2.24, 2.45) is 11.7 Å². The Morgan fingerprint density at radius 2 is 2.06 bits per heavy atom. The number of aromatic nitrogens is 1. The number of rotatable bonds is 5. The van der Waals surface area contributed by atoms with Gasteiger partial charge in [-0.15, -0.1) is 0 Å². The third kappa shape index (κ3) is 3.81. The molecule has 1 aliphatic rings. The van der Waals surface area contributed by atoms with Gasteiger partial charge in [0.15, 0.2) is 0 Å². The van der Waals surface area contributed by atoms with Crippen LogP contribution < -0.4 is 5.73 Å². The lowest BCUT2D eigenvalue weighted by molar-refractivity contribution is 0.311. The van der Waals surface area contributed by atoms with Crippen molar-refractivity contribution in [1.82, 2.24) is 4.98 Å². The summed E-state index contributed by atoms with van der Waals surface area (Å²) >= 11 is 0. The van der Waals surface area contributed by atoms with Gasteiger partial charge in [-0.05, 0) is 37.4 Å². The maximum atomic E-state index is 5.74. The molecule has 1 saturated carbocycles. The number of pyridine rings is 1. The summed E-state index contributed by atoms with van der Waals surface area (Å²) in [5, 5.41) is 0. The fourth-order valence-electron chi connectivity index (χ4n) is 3.03. The predicted molar refractivity (Wildman–Crippen MR) is 71.8 cm³/mol. The smallest absolute Gasteiger partial charge is 0.0435 e. The number of hydrogen-bond acceptors (Lipinski definition) is 2. The molecule has 1 aromatic rings. The van der Waals surface area contributed by atoms with E-state index in [2.05, 4.69) is 17.1 Å². The second-order valence-electron chi connectivity index (χ2n) is 5.27. The Balaban J connectivity index is 1.96. The zero-order chi connectivity index (χ0) is 11.9. The molecule has 94 valence electrons. The van der Waals surface area contributed by atoms with E-state index in [4.69, 9.17) is 5.73 Å². The normalized spacial score (nSPS) is 19.1. The Labute approximate surface area is 105 Å². The van der Waals surface area contributed by atoms with Crippen LogP contribution in [0.3, 0.4) is 0 Å². The molecule has 0 aliphatic heterocycles. The van der Waals surface area contributed by atoms with E-state index in [-0.39, 0.29) is 0 Å². The number of nitrogens with two attached hydrogens (primary N) is 1. The van der Waals surface area contributed by atoms with Crippen LogP contribution in [-0.4, -0.2) is 11.5 Å². The van der Waals surface area contributed by atoms with Crippen molar-refractivity contribution in [3.05, 3.63) is 30.1 Å². The molecule has 1 unspecified atom stereocenters. The summed E-state index contributed by atoms with van der Waals surface area (Å²) in [7, 11) is 0. The molecule has 2 nitrogen and oxygen atoms in total. The summed E-state index contributed by atoms with van der Waals surface area (Å²) in [6.07, 6.45) is 11.4. The van der Waals surface area contributed by atoms with Gasteiger partial charge in [0.25, 0.3) is 0 Å². The fraction of sp³-hybridized carbons (Fsp3) is 0.667. The first-order valence-corrected chi connectivity index (χ1v) is 7.01. The minimum absolute atomic E-state index is 0.573. The second kappa shape index (κ2) is 6.75. The molecule has 0 aromatic carbocycles. The van der Waals surface area contributed by atoms with E-state index in [9.17, 15) is 0 Å². The van der Waals surface area contributed by atoms with Gasteiger partial charge in [0.2, 0.25) is 0 Å². The van der Waals surface area contributed by atoms with Crippen molar-refractivity contribution >= 4 is 0 Å². The van der Waals surface area contributed by atoms with Gasteiger partial charge in [-0.3, -0.25) is 4.98 Å². The zero-order valence-corrected chi connectivity index (χ0v) is 10.6. The molecule has 1 atom stereocenters. The molecule has 2 rings (SSSR count). The quantitative estimate of drug-likeness (QED) is 0.844. The van der Waals surface area contributed by atoms with Crippen LogP contribution in [0.5, 0.6) is 0 Å². The Kier molecular flexibility index (Phi) is 4.99. The topological polar surface area (TPSA) is 38.9 Å². The fourth-order valence-corrected chi connectivity index (χ4v) is 3.03. The number of nitrogens with zero attached hydrogens (tertiary/aromatic N) is 1. The van der Waals surface area contributed by atoms with Gasteiger partial charge < -0.3 is 5.73 Å². The zero-order valence-electron chi connectivity index (χ0n) is 10.6. The summed E-state index contributed by atoms with van der Waals surface area (Å²) in [6, 6.07) is 6.24. The summed E-state index contributed by atoms with van der Waals surface area (Å²) in [5.74, 6) is 1.48. The van der Waals surface area contributed by atoms with Gasteiger partial charge >= 0.3 is 0 Å². The monoisotopic (exact) mass is 232 g/mol. The first-order chi connectivity index (χ1) is 8.40. The molecule has 2 N–H and O–H groups in total. The lowest BCUT2D eigenvalue weighted by Gasteiger charge is -2.26. The van der Waals surface area contributed by atoms with Gasteiger partial charge in [0.05, 0.1) is 0 Å². The van der Waals surface area contributed by atoms with Crippen LogP contribution in [0.2, 0.25) is 0 Å². The molecular formula is C15H24N2. The molecule has 17 heavy (non-hydrogen) atoms. The van der Waals surface area contributed by atoms with Crippen molar-refractivity contribution in [2.75, 3.05) is 6.54 Å². The van der Waals surface area contributed by atoms with Crippen molar-refractivity contribution < 1.29 is 0 Å². The first kappa shape index (κ1) is 12.6. The minimum atomic E-state index is 0.573. The molecule has 1 aliphatic carbocycles. The molecule has 0 spiro atoms. The van der Waals surface area contributed by atoms with E-state index in [0.29, 0.717) is 5.92 Å². The van der Waals surface area contributed by atoms with E-state index in [0.717, 1.165) is 18.9 Å². The third-order valence-corrected chi connectivity index (χ3v) is 3.96. The van der Waals surface area contributed by atoms with Crippen LogP contribution in [0, 0.1) is 5.92 Å². The maximum Gasteiger partial charge on any atom is 0.0435 e. The second-order valence-corrected chi connectivity index (χ2v) is 5.27. The summed E-state index contributed by atoms with van der Waals surface area (Å²) in [6.45, 7) is 0.772. The molecule has 2 heteroatoms. The lowest BCUT2D eigenvalue weighted by Crippen LogP contribution is -2.15. The van der Waals surface area contributed by atoms with Crippen LogP contribution in [-0.2, 0) is 0 Å². The molecule has 1 aromatic heterocycles. The summed E-state index contributed by atoms with van der Waals surface area (Å²) in [5.41, 5.74) is 6.98. The Morgan fingerprint density at radius 1 is 1.24 bits per heavy atom. The van der Waals surface area contributed by atoms with Gasteiger partial charge in [0, 0.05) is 17.8 Å². The van der Waals surface area contributed by atoms with E-state index < -0.39 is 0 Å². The van der Waals surface area contributed by atoms with Crippen molar-refractivity contribution in [3.63, 3.8) is 0 Å². The number of hydrogen-bond donors (Lipinski definition) is 1. The Bertz CT molecular complexity index is 304. The summed E-state index contributed by atoms with van der Waals surface area (Å²) in [4.78, 5) is 4.51. The highest BCUT2D eigenvalue weighted by atomic mass is 14.7. The van der Waals surface area contributed by atoms with Gasteiger partial charge in [-0.1, -0.05) is 38.2 Å². The molecule has 0 radical (unpaired) electrons. The van der Waals surface area contributed by atoms with Crippen LogP contribution in [0.1, 0.15) is 56.6 Å². The van der Waals surface area contributed by atoms with Crippen molar-refractivity contribution in [2.45, 2.75) is 50.9 Å². The molecule has 1 fully saturated rings. The molecule has 0 amide bonds. The average molecular weight is 232 g/mol. The molecule has 0 bridgehead atoms. The van der Waals surface area contributed by atoms with E-state index in [1.165, 1.54) is 44.2 Å². The highest BCUT2D eigenvalue weighted by molar-refractivity contribution is 5.09. The van der Waals surface area contributed by atoms with Crippen LogP contribution in [0.15, 0.2) is 24.4 Å². The molecule has 1 heterocycles. The molecule has 0 saturated heterocycles. The first-order valence-electron chi connectivity index (χ1n) is 7.01. The Hall–Kier alpha value is -0.890. The van der Waals surface area contributed by atoms with Crippen molar-refractivity contribution in [1.29, 1.82) is 0 Å². The van der Waals surface area contributed by atoms with Crippen LogP contribution in [0.4, 0.5) is 0 Å². The molecular weight excluding hydrogens is 208 g/mol. The highest BCUT2D eigenvalue weighted by Gasteiger charge is 2.20. The minimum Gasteiger partial charge on any atom is -0.330 e. The third-order valence-electron chi connectivity index (χ3n) is 3.96. The predicted octanol–water partition coefficient (Wildman–Crippen LogP) is 3.48. The summed E-state index contributed by atoms with van der Waals surface area (Å²) < 4.78 is 0. The maximum absolute atomic E-state index is 5.74.